The van der Waals surface area contributed by atoms with Crippen molar-refractivity contribution >= 4 is 22.4 Å². The molecule has 2 atom stereocenters. The van der Waals surface area contributed by atoms with Gasteiger partial charge >= 0.3 is 0 Å². The number of nitrogens with zero attached hydrogens (tertiary/aromatic N) is 5. The Morgan fingerprint density at radius 2 is 1.30 bits per heavy atom. The van der Waals surface area contributed by atoms with Crippen molar-refractivity contribution in [3.05, 3.63) is 162 Å². The fraction of sp³-hybridized carbons (Fsp3) is 0.114. The van der Waals surface area contributed by atoms with Crippen molar-refractivity contribution in [2.75, 3.05) is 5.01 Å². The van der Waals surface area contributed by atoms with Crippen molar-refractivity contribution in [1.29, 1.82) is 0 Å². The van der Waals surface area contributed by atoms with E-state index in [1.54, 1.807) is 0 Å². The molecule has 1 aromatic heterocycles. The molecule has 0 amide bonds. The molecule has 6 aromatic rings. The Balaban J connectivity index is 1.59. The van der Waals surface area contributed by atoms with E-state index in [0.29, 0.717) is 6.42 Å². The van der Waals surface area contributed by atoms with Gasteiger partial charge in [0.1, 0.15) is 17.1 Å². The van der Waals surface area contributed by atoms with E-state index in [0.717, 1.165) is 28.0 Å². The summed E-state index contributed by atoms with van der Waals surface area (Å²) < 4.78 is 2.13. The molecule has 5 heteroatoms. The van der Waals surface area contributed by atoms with E-state index in [4.69, 9.17) is 10.3 Å². The lowest BCUT2D eigenvalue weighted by Gasteiger charge is -2.40. The van der Waals surface area contributed by atoms with Gasteiger partial charge in [-0.3, -0.25) is 5.01 Å². The van der Waals surface area contributed by atoms with Crippen LogP contribution in [-0.2, 0) is 12.0 Å². The number of aromatic nitrogens is 3. The van der Waals surface area contributed by atoms with Gasteiger partial charge in [-0.25, -0.2) is 4.68 Å². The summed E-state index contributed by atoms with van der Waals surface area (Å²) in [6.45, 7) is 2.13. The second kappa shape index (κ2) is 9.93. The van der Waals surface area contributed by atoms with Crippen LogP contribution in [0, 0.1) is 6.92 Å². The van der Waals surface area contributed by atoms with Gasteiger partial charge in [-0.05, 0) is 42.3 Å². The number of fused-ring (bicyclic) bond motifs is 1. The minimum absolute atomic E-state index is 0.198. The SMILES string of the molecule is Cc1ccc([C@@H]2N(c3ccccc3)N=C(c3ccccc3)[C@]2(Cc2ccccc2)n2nnc3ccccc32)cc1. The molecule has 40 heavy (non-hydrogen) atoms. The van der Waals surface area contributed by atoms with Crippen LogP contribution in [0.4, 0.5) is 5.69 Å². The molecular weight excluding hydrogens is 490 g/mol. The highest BCUT2D eigenvalue weighted by Crippen LogP contribution is 2.50. The lowest BCUT2D eigenvalue weighted by molar-refractivity contribution is 0.311. The van der Waals surface area contributed by atoms with E-state index in [1.165, 1.54) is 16.7 Å². The van der Waals surface area contributed by atoms with Crippen molar-refractivity contribution in [2.45, 2.75) is 24.9 Å². The third-order valence-electron chi connectivity index (χ3n) is 7.82. The van der Waals surface area contributed by atoms with Crippen LogP contribution in [-0.4, -0.2) is 20.7 Å². The first kappa shape index (κ1) is 24.0. The Morgan fingerprint density at radius 1 is 0.675 bits per heavy atom. The number of anilines is 1. The topological polar surface area (TPSA) is 46.3 Å². The number of para-hydroxylation sites is 2. The summed E-state index contributed by atoms with van der Waals surface area (Å²) in [7, 11) is 0. The Hall–Kier alpha value is -5.03. The van der Waals surface area contributed by atoms with Crippen LogP contribution in [0.1, 0.15) is 28.3 Å². The number of aryl methyl sites for hydroxylation is 1. The van der Waals surface area contributed by atoms with Gasteiger partial charge in [-0.1, -0.05) is 126 Å². The third-order valence-corrected chi connectivity index (χ3v) is 7.82. The second-order valence-corrected chi connectivity index (χ2v) is 10.4. The maximum atomic E-state index is 5.48. The van der Waals surface area contributed by atoms with E-state index in [1.807, 2.05) is 18.2 Å². The minimum Gasteiger partial charge on any atom is -0.255 e. The molecule has 5 aromatic carbocycles. The molecule has 0 saturated heterocycles. The monoisotopic (exact) mass is 519 g/mol. The molecule has 0 unspecified atom stereocenters. The standard InChI is InChI=1S/C35H29N5/c1-26-21-23-29(24-22-26)34-35(25-27-13-5-2-6-14-27,40-32-20-12-11-19-31(32)36-38-40)33(28-15-7-3-8-16-28)37-39(34)30-17-9-4-10-18-30/h2-24,34H,25H2,1H3/t34-,35-/m0/s1. The van der Waals surface area contributed by atoms with Crippen molar-refractivity contribution in [3.63, 3.8) is 0 Å². The van der Waals surface area contributed by atoms with Crippen LogP contribution >= 0.6 is 0 Å². The summed E-state index contributed by atoms with van der Waals surface area (Å²) in [6, 6.07) is 48.5. The number of hydrazone groups is 1. The van der Waals surface area contributed by atoms with Crippen LogP contribution < -0.4 is 5.01 Å². The smallest absolute Gasteiger partial charge is 0.140 e. The Labute approximate surface area is 234 Å². The zero-order valence-electron chi connectivity index (χ0n) is 22.3. The van der Waals surface area contributed by atoms with Crippen LogP contribution in [0.3, 0.4) is 0 Å². The quantitative estimate of drug-likeness (QED) is 0.231. The van der Waals surface area contributed by atoms with Gasteiger partial charge in [0.05, 0.1) is 16.9 Å². The molecule has 0 N–H and O–H groups in total. The van der Waals surface area contributed by atoms with Gasteiger partial charge in [0.25, 0.3) is 0 Å². The van der Waals surface area contributed by atoms with Gasteiger partial charge in [0, 0.05) is 12.0 Å². The van der Waals surface area contributed by atoms with E-state index in [9.17, 15) is 0 Å². The Kier molecular flexibility index (Phi) is 5.97. The molecule has 0 spiro atoms. The molecule has 2 heterocycles. The van der Waals surface area contributed by atoms with E-state index in [2.05, 4.69) is 143 Å². The van der Waals surface area contributed by atoms with Crippen molar-refractivity contribution < 1.29 is 0 Å². The summed E-state index contributed by atoms with van der Waals surface area (Å²) in [5.74, 6) is 0. The number of hydrogen-bond donors (Lipinski definition) is 0. The fourth-order valence-corrected chi connectivity index (χ4v) is 5.98. The van der Waals surface area contributed by atoms with Crippen molar-refractivity contribution in [3.8, 4) is 0 Å². The van der Waals surface area contributed by atoms with Crippen molar-refractivity contribution in [1.82, 2.24) is 15.0 Å². The van der Waals surface area contributed by atoms with E-state index in [-0.39, 0.29) is 6.04 Å². The van der Waals surface area contributed by atoms with Crippen LogP contribution in [0.5, 0.6) is 0 Å². The summed E-state index contributed by atoms with van der Waals surface area (Å²) in [5.41, 5.74) is 7.77. The molecule has 1 aliphatic rings. The zero-order chi connectivity index (χ0) is 26.9. The van der Waals surface area contributed by atoms with Gasteiger partial charge in [0.2, 0.25) is 0 Å². The van der Waals surface area contributed by atoms with Crippen molar-refractivity contribution in [2.24, 2.45) is 5.10 Å². The Morgan fingerprint density at radius 3 is 2.02 bits per heavy atom. The number of rotatable bonds is 6. The summed E-state index contributed by atoms with van der Waals surface area (Å²) in [4.78, 5) is 0. The second-order valence-electron chi connectivity index (χ2n) is 10.4. The van der Waals surface area contributed by atoms with Gasteiger partial charge < -0.3 is 0 Å². The molecule has 5 nitrogen and oxygen atoms in total. The zero-order valence-corrected chi connectivity index (χ0v) is 22.3. The number of hydrogen-bond acceptors (Lipinski definition) is 4. The first-order valence-electron chi connectivity index (χ1n) is 13.6. The van der Waals surface area contributed by atoms with Crippen LogP contribution in [0.15, 0.2) is 145 Å². The molecule has 0 bridgehead atoms. The summed E-state index contributed by atoms with van der Waals surface area (Å²) >= 11 is 0. The fourth-order valence-electron chi connectivity index (χ4n) is 5.98. The molecule has 194 valence electrons. The summed E-state index contributed by atoms with van der Waals surface area (Å²) in [5, 5.41) is 17.2. The van der Waals surface area contributed by atoms with Crippen LogP contribution in [0.25, 0.3) is 11.0 Å². The lowest BCUT2D eigenvalue weighted by atomic mass is 9.75. The van der Waals surface area contributed by atoms with Crippen LogP contribution in [0.2, 0.25) is 0 Å². The molecule has 0 saturated carbocycles. The maximum absolute atomic E-state index is 5.48. The average molecular weight is 520 g/mol. The summed E-state index contributed by atoms with van der Waals surface area (Å²) in [6.07, 6.45) is 0.677. The van der Waals surface area contributed by atoms with Gasteiger partial charge in [0.15, 0.2) is 0 Å². The van der Waals surface area contributed by atoms with E-state index < -0.39 is 5.54 Å². The van der Waals surface area contributed by atoms with E-state index >= 15 is 0 Å². The third kappa shape index (κ3) is 3.98. The number of benzene rings is 5. The predicted molar refractivity (Wildman–Crippen MR) is 161 cm³/mol. The molecular formula is C35H29N5. The molecule has 7 rings (SSSR count). The average Bonchev–Trinajstić information content (AvgIpc) is 3.59. The maximum Gasteiger partial charge on any atom is 0.140 e. The normalized spacial score (nSPS) is 18.7. The Bertz CT molecular complexity index is 1780. The predicted octanol–water partition coefficient (Wildman–Crippen LogP) is 7.34. The first-order valence-corrected chi connectivity index (χ1v) is 13.6. The van der Waals surface area contributed by atoms with Gasteiger partial charge in [-0.15, -0.1) is 5.10 Å². The molecule has 0 radical (unpaired) electrons. The molecule has 1 aliphatic heterocycles. The lowest BCUT2D eigenvalue weighted by Crippen LogP contribution is -2.49. The van der Waals surface area contributed by atoms with Gasteiger partial charge in [-0.2, -0.15) is 5.10 Å². The highest BCUT2D eigenvalue weighted by Gasteiger charge is 2.55. The minimum atomic E-state index is -0.718. The highest BCUT2D eigenvalue weighted by molar-refractivity contribution is 6.09. The largest absolute Gasteiger partial charge is 0.255 e. The first-order chi connectivity index (χ1) is 19.7. The highest BCUT2D eigenvalue weighted by atomic mass is 15.6. The molecule has 0 aliphatic carbocycles. The molecule has 0 fully saturated rings.